The van der Waals surface area contributed by atoms with Gasteiger partial charge in [0.05, 0.1) is 16.0 Å². The molecule has 0 aliphatic heterocycles. The number of nitrogens with zero attached hydrogens (tertiary/aromatic N) is 1. The van der Waals surface area contributed by atoms with E-state index in [9.17, 15) is 10.1 Å². The van der Waals surface area contributed by atoms with Crippen LogP contribution in [0, 0.1) is 10.1 Å². The Morgan fingerprint density at radius 1 is 1.24 bits per heavy atom. The normalized spacial score (nSPS) is 10.4. The van der Waals surface area contributed by atoms with E-state index in [0.29, 0.717) is 23.3 Å². The largest absolute Gasteiger partial charge is 0.381 e. The molecule has 0 amide bonds. The lowest BCUT2D eigenvalue weighted by molar-refractivity contribution is -0.385. The summed E-state index contributed by atoms with van der Waals surface area (Å²) in [5.74, 6) is 0. The van der Waals surface area contributed by atoms with Gasteiger partial charge in [0.2, 0.25) is 0 Å². The highest BCUT2D eigenvalue weighted by molar-refractivity contribution is 9.10. The molecule has 2 rings (SSSR count). The van der Waals surface area contributed by atoms with Gasteiger partial charge in [-0.05, 0) is 39.2 Å². The van der Waals surface area contributed by atoms with Crippen LogP contribution in [0.4, 0.5) is 11.4 Å². The van der Waals surface area contributed by atoms with Crippen molar-refractivity contribution in [3.63, 3.8) is 0 Å². The SMILES string of the molecule is COCc1ccccc1CNc1ccc(Br)c([N+](=O)[O-])c1. The molecule has 21 heavy (non-hydrogen) atoms. The van der Waals surface area contributed by atoms with Gasteiger partial charge in [0.25, 0.3) is 5.69 Å². The lowest BCUT2D eigenvalue weighted by Crippen LogP contribution is -2.04. The predicted molar refractivity (Wildman–Crippen MR) is 85.3 cm³/mol. The minimum absolute atomic E-state index is 0.0465. The molecule has 1 N–H and O–H groups in total. The Labute approximate surface area is 131 Å². The molecule has 2 aromatic carbocycles. The van der Waals surface area contributed by atoms with Crippen LogP contribution in [-0.2, 0) is 17.9 Å². The number of nitro benzene ring substituents is 1. The predicted octanol–water partition coefficient (Wildman–Crippen LogP) is 4.12. The van der Waals surface area contributed by atoms with E-state index >= 15 is 0 Å². The quantitative estimate of drug-likeness (QED) is 0.628. The van der Waals surface area contributed by atoms with Crippen molar-refractivity contribution in [2.45, 2.75) is 13.2 Å². The van der Waals surface area contributed by atoms with Crippen LogP contribution in [-0.4, -0.2) is 12.0 Å². The molecule has 0 radical (unpaired) electrons. The van der Waals surface area contributed by atoms with E-state index in [4.69, 9.17) is 4.74 Å². The number of nitro groups is 1. The van der Waals surface area contributed by atoms with Crippen LogP contribution in [0.5, 0.6) is 0 Å². The second-order valence-electron chi connectivity index (χ2n) is 4.48. The Kier molecular flexibility index (Phi) is 5.30. The van der Waals surface area contributed by atoms with Crippen LogP contribution in [0.3, 0.4) is 0 Å². The summed E-state index contributed by atoms with van der Waals surface area (Å²) in [6, 6.07) is 12.9. The Morgan fingerprint density at radius 3 is 2.62 bits per heavy atom. The van der Waals surface area contributed by atoms with Gasteiger partial charge in [0.1, 0.15) is 0 Å². The molecule has 5 nitrogen and oxygen atoms in total. The molecule has 0 aromatic heterocycles. The zero-order chi connectivity index (χ0) is 15.2. The molecule has 0 unspecified atom stereocenters. The zero-order valence-corrected chi connectivity index (χ0v) is 13.1. The zero-order valence-electron chi connectivity index (χ0n) is 11.5. The van der Waals surface area contributed by atoms with Crippen molar-refractivity contribution < 1.29 is 9.66 Å². The summed E-state index contributed by atoms with van der Waals surface area (Å²) >= 11 is 3.17. The number of hydrogen-bond acceptors (Lipinski definition) is 4. The van der Waals surface area contributed by atoms with E-state index in [2.05, 4.69) is 21.2 Å². The molecular weight excluding hydrogens is 336 g/mol. The van der Waals surface area contributed by atoms with Gasteiger partial charge < -0.3 is 10.1 Å². The molecule has 0 saturated heterocycles. The van der Waals surface area contributed by atoms with Gasteiger partial charge in [-0.15, -0.1) is 0 Å². The van der Waals surface area contributed by atoms with Crippen molar-refractivity contribution in [3.8, 4) is 0 Å². The highest BCUT2D eigenvalue weighted by Crippen LogP contribution is 2.28. The average molecular weight is 351 g/mol. The standard InChI is InChI=1S/C15H15BrN2O3/c1-21-10-12-5-3-2-4-11(12)9-17-13-6-7-14(16)15(8-13)18(19)20/h2-8,17H,9-10H2,1H3. The van der Waals surface area contributed by atoms with Crippen molar-refractivity contribution in [3.05, 3.63) is 68.2 Å². The van der Waals surface area contributed by atoms with Crippen LogP contribution in [0.15, 0.2) is 46.9 Å². The Morgan fingerprint density at radius 2 is 1.95 bits per heavy atom. The van der Waals surface area contributed by atoms with E-state index in [1.807, 2.05) is 24.3 Å². The number of benzene rings is 2. The topological polar surface area (TPSA) is 64.4 Å². The minimum atomic E-state index is -0.409. The summed E-state index contributed by atoms with van der Waals surface area (Å²) in [6.07, 6.45) is 0. The number of methoxy groups -OCH3 is 1. The van der Waals surface area contributed by atoms with Gasteiger partial charge in [-0.3, -0.25) is 10.1 Å². The lowest BCUT2D eigenvalue weighted by atomic mass is 10.1. The van der Waals surface area contributed by atoms with Gasteiger partial charge in [0.15, 0.2) is 0 Å². The molecule has 0 spiro atoms. The van der Waals surface area contributed by atoms with Crippen molar-refractivity contribution in [1.29, 1.82) is 0 Å². The second-order valence-corrected chi connectivity index (χ2v) is 5.33. The first-order valence-corrected chi connectivity index (χ1v) is 7.14. The van der Waals surface area contributed by atoms with E-state index in [0.717, 1.165) is 11.1 Å². The fraction of sp³-hybridized carbons (Fsp3) is 0.200. The monoisotopic (exact) mass is 350 g/mol. The average Bonchev–Trinajstić information content (AvgIpc) is 2.47. The minimum Gasteiger partial charge on any atom is -0.381 e. The summed E-state index contributed by atoms with van der Waals surface area (Å²) in [5, 5.41) is 14.1. The van der Waals surface area contributed by atoms with Crippen molar-refractivity contribution >= 4 is 27.3 Å². The highest BCUT2D eigenvalue weighted by atomic mass is 79.9. The maximum absolute atomic E-state index is 10.9. The van der Waals surface area contributed by atoms with Gasteiger partial charge in [-0.1, -0.05) is 24.3 Å². The molecule has 110 valence electrons. The lowest BCUT2D eigenvalue weighted by Gasteiger charge is -2.11. The number of rotatable bonds is 6. The maximum atomic E-state index is 10.9. The number of nitrogens with one attached hydrogen (secondary N) is 1. The van der Waals surface area contributed by atoms with Crippen LogP contribution < -0.4 is 5.32 Å². The summed E-state index contributed by atoms with van der Waals surface area (Å²) in [7, 11) is 1.66. The number of anilines is 1. The fourth-order valence-electron chi connectivity index (χ4n) is 1.99. The van der Waals surface area contributed by atoms with Gasteiger partial charge in [-0.25, -0.2) is 0 Å². The van der Waals surface area contributed by atoms with Gasteiger partial charge in [-0.2, -0.15) is 0 Å². The molecule has 0 atom stereocenters. The van der Waals surface area contributed by atoms with Crippen LogP contribution in [0.1, 0.15) is 11.1 Å². The van der Waals surface area contributed by atoms with Gasteiger partial charge in [0, 0.05) is 25.4 Å². The summed E-state index contributed by atoms with van der Waals surface area (Å²) in [6.45, 7) is 1.12. The maximum Gasteiger partial charge on any atom is 0.285 e. The third-order valence-electron chi connectivity index (χ3n) is 3.04. The molecule has 0 aliphatic rings. The summed E-state index contributed by atoms with van der Waals surface area (Å²) in [5.41, 5.74) is 2.95. The summed E-state index contributed by atoms with van der Waals surface area (Å²) < 4.78 is 5.63. The van der Waals surface area contributed by atoms with E-state index in [1.54, 1.807) is 19.2 Å². The molecule has 0 bridgehead atoms. The first-order chi connectivity index (χ1) is 10.1. The smallest absolute Gasteiger partial charge is 0.285 e. The Balaban J connectivity index is 2.13. The first kappa shape index (κ1) is 15.5. The molecular formula is C15H15BrN2O3. The summed E-state index contributed by atoms with van der Waals surface area (Å²) in [4.78, 5) is 10.5. The van der Waals surface area contributed by atoms with Crippen molar-refractivity contribution in [1.82, 2.24) is 0 Å². The molecule has 2 aromatic rings. The van der Waals surface area contributed by atoms with Crippen molar-refractivity contribution in [2.24, 2.45) is 0 Å². The van der Waals surface area contributed by atoms with Gasteiger partial charge >= 0.3 is 0 Å². The van der Waals surface area contributed by atoms with E-state index in [-0.39, 0.29) is 5.69 Å². The highest BCUT2D eigenvalue weighted by Gasteiger charge is 2.12. The fourth-order valence-corrected chi connectivity index (χ4v) is 2.38. The molecule has 0 aliphatic carbocycles. The van der Waals surface area contributed by atoms with Crippen LogP contribution in [0.2, 0.25) is 0 Å². The number of halogens is 1. The Bertz CT molecular complexity index is 647. The Hall–Kier alpha value is -1.92. The van der Waals surface area contributed by atoms with Crippen LogP contribution in [0.25, 0.3) is 0 Å². The molecule has 0 saturated carbocycles. The van der Waals surface area contributed by atoms with E-state index in [1.165, 1.54) is 6.07 Å². The van der Waals surface area contributed by atoms with E-state index < -0.39 is 4.92 Å². The molecule has 0 fully saturated rings. The number of hydrogen-bond donors (Lipinski definition) is 1. The molecule has 0 heterocycles. The molecule has 6 heteroatoms. The third kappa shape index (κ3) is 4.03. The third-order valence-corrected chi connectivity index (χ3v) is 3.71. The van der Waals surface area contributed by atoms with Crippen LogP contribution >= 0.6 is 15.9 Å². The number of ether oxygens (including phenoxy) is 1. The van der Waals surface area contributed by atoms with Crippen molar-refractivity contribution in [2.75, 3.05) is 12.4 Å². The first-order valence-electron chi connectivity index (χ1n) is 6.35. The second kappa shape index (κ2) is 7.19.